The van der Waals surface area contributed by atoms with Crippen molar-refractivity contribution in [2.75, 3.05) is 37.0 Å². The standard InChI is InChI=1S/C18H22N4O2/c1-24-17-9-8-15(13-20-17)21-18(23)19-10-12-22-11-4-6-14-5-2-3-7-16(14)22/h2-3,5,7-9,13H,4,6,10-12H2,1H3,(H2,19,21,23). The second-order valence-electron chi connectivity index (χ2n) is 5.69. The lowest BCUT2D eigenvalue weighted by molar-refractivity contribution is 0.252. The highest BCUT2D eigenvalue weighted by Gasteiger charge is 2.15. The first-order valence-corrected chi connectivity index (χ1v) is 8.14. The molecule has 0 radical (unpaired) electrons. The van der Waals surface area contributed by atoms with Crippen LogP contribution >= 0.6 is 0 Å². The minimum Gasteiger partial charge on any atom is -0.481 e. The Bertz CT molecular complexity index is 688. The van der Waals surface area contributed by atoms with Crippen molar-refractivity contribution >= 4 is 17.4 Å². The Labute approximate surface area is 141 Å². The number of carbonyl (C=O) groups excluding carboxylic acids is 1. The van der Waals surface area contributed by atoms with Crippen LogP contribution in [0.4, 0.5) is 16.2 Å². The molecule has 6 nitrogen and oxygen atoms in total. The van der Waals surface area contributed by atoms with E-state index in [9.17, 15) is 4.79 Å². The maximum absolute atomic E-state index is 12.0. The minimum absolute atomic E-state index is 0.229. The Kier molecular flexibility index (Phi) is 5.15. The van der Waals surface area contributed by atoms with E-state index in [2.05, 4.69) is 44.8 Å². The van der Waals surface area contributed by atoms with Gasteiger partial charge in [0.15, 0.2) is 0 Å². The summed E-state index contributed by atoms with van der Waals surface area (Å²) in [7, 11) is 1.56. The van der Waals surface area contributed by atoms with Crippen molar-refractivity contribution in [2.45, 2.75) is 12.8 Å². The summed E-state index contributed by atoms with van der Waals surface area (Å²) in [5.41, 5.74) is 3.31. The molecule has 0 saturated heterocycles. The molecule has 2 amide bonds. The SMILES string of the molecule is COc1ccc(NC(=O)NCCN2CCCc3ccccc32)cn1. The molecule has 3 rings (SSSR count). The van der Waals surface area contributed by atoms with Gasteiger partial charge < -0.3 is 20.3 Å². The van der Waals surface area contributed by atoms with Crippen molar-refractivity contribution in [1.29, 1.82) is 0 Å². The van der Waals surface area contributed by atoms with Gasteiger partial charge in [0, 0.05) is 31.4 Å². The molecule has 126 valence electrons. The van der Waals surface area contributed by atoms with Gasteiger partial charge in [0.2, 0.25) is 5.88 Å². The Balaban J connectivity index is 1.47. The lowest BCUT2D eigenvalue weighted by atomic mass is 10.0. The second kappa shape index (κ2) is 7.68. The van der Waals surface area contributed by atoms with E-state index in [0.29, 0.717) is 18.1 Å². The van der Waals surface area contributed by atoms with Crippen LogP contribution in [-0.4, -0.2) is 37.8 Å². The number of hydrogen-bond acceptors (Lipinski definition) is 4. The average molecular weight is 326 g/mol. The number of pyridine rings is 1. The van der Waals surface area contributed by atoms with Crippen LogP contribution in [0.5, 0.6) is 5.88 Å². The van der Waals surface area contributed by atoms with Gasteiger partial charge in [0.05, 0.1) is 19.0 Å². The van der Waals surface area contributed by atoms with Gasteiger partial charge >= 0.3 is 6.03 Å². The minimum atomic E-state index is -0.229. The molecule has 2 heterocycles. The molecule has 0 bridgehead atoms. The molecular weight excluding hydrogens is 304 g/mol. The molecule has 0 spiro atoms. The van der Waals surface area contributed by atoms with Crippen molar-refractivity contribution in [3.63, 3.8) is 0 Å². The molecular formula is C18H22N4O2. The van der Waals surface area contributed by atoms with E-state index in [1.807, 2.05) is 0 Å². The van der Waals surface area contributed by atoms with Crippen LogP contribution in [0.15, 0.2) is 42.6 Å². The van der Waals surface area contributed by atoms with Gasteiger partial charge in [-0.1, -0.05) is 18.2 Å². The zero-order chi connectivity index (χ0) is 16.8. The third-order valence-electron chi connectivity index (χ3n) is 4.08. The van der Waals surface area contributed by atoms with Crippen molar-refractivity contribution in [2.24, 2.45) is 0 Å². The van der Waals surface area contributed by atoms with E-state index >= 15 is 0 Å². The van der Waals surface area contributed by atoms with Crippen molar-refractivity contribution in [3.05, 3.63) is 48.2 Å². The molecule has 2 aromatic rings. The normalized spacial score (nSPS) is 13.1. The summed E-state index contributed by atoms with van der Waals surface area (Å²) in [6.45, 7) is 2.41. The van der Waals surface area contributed by atoms with E-state index in [0.717, 1.165) is 25.9 Å². The number of carbonyl (C=O) groups is 1. The van der Waals surface area contributed by atoms with E-state index in [4.69, 9.17) is 4.74 Å². The first-order chi connectivity index (χ1) is 11.8. The fourth-order valence-electron chi connectivity index (χ4n) is 2.90. The number of urea groups is 1. The molecule has 0 unspecified atom stereocenters. The van der Waals surface area contributed by atoms with Crippen LogP contribution in [0.1, 0.15) is 12.0 Å². The Hall–Kier alpha value is -2.76. The number of hydrogen-bond donors (Lipinski definition) is 2. The van der Waals surface area contributed by atoms with Crippen molar-refractivity contribution in [1.82, 2.24) is 10.3 Å². The van der Waals surface area contributed by atoms with E-state index in [1.165, 1.54) is 11.3 Å². The van der Waals surface area contributed by atoms with Crippen LogP contribution < -0.4 is 20.3 Å². The number of anilines is 2. The Morgan fingerprint density at radius 2 is 2.17 bits per heavy atom. The smallest absolute Gasteiger partial charge is 0.319 e. The van der Waals surface area contributed by atoms with E-state index in [-0.39, 0.29) is 6.03 Å². The summed E-state index contributed by atoms with van der Waals surface area (Å²) >= 11 is 0. The number of ether oxygens (including phenoxy) is 1. The lowest BCUT2D eigenvalue weighted by Gasteiger charge is -2.31. The van der Waals surface area contributed by atoms with Crippen LogP contribution in [0.3, 0.4) is 0 Å². The number of aryl methyl sites for hydroxylation is 1. The molecule has 1 aromatic carbocycles. The summed E-state index contributed by atoms with van der Waals surface area (Å²) < 4.78 is 4.99. The molecule has 0 atom stereocenters. The zero-order valence-electron chi connectivity index (χ0n) is 13.8. The molecule has 0 aliphatic carbocycles. The number of fused-ring (bicyclic) bond motifs is 1. The number of amides is 2. The number of aromatic nitrogens is 1. The molecule has 1 aromatic heterocycles. The Morgan fingerprint density at radius 3 is 2.96 bits per heavy atom. The number of nitrogens with one attached hydrogen (secondary N) is 2. The van der Waals surface area contributed by atoms with E-state index in [1.54, 1.807) is 25.4 Å². The van der Waals surface area contributed by atoms with Gasteiger partial charge in [-0.25, -0.2) is 9.78 Å². The van der Waals surface area contributed by atoms with Crippen LogP contribution in [0.25, 0.3) is 0 Å². The molecule has 2 N–H and O–H groups in total. The third-order valence-corrected chi connectivity index (χ3v) is 4.08. The van der Waals surface area contributed by atoms with Crippen molar-refractivity contribution < 1.29 is 9.53 Å². The monoisotopic (exact) mass is 326 g/mol. The molecule has 6 heteroatoms. The number of rotatable bonds is 5. The van der Waals surface area contributed by atoms with E-state index < -0.39 is 0 Å². The summed E-state index contributed by atoms with van der Waals surface area (Å²) in [5, 5.41) is 5.65. The van der Waals surface area contributed by atoms with Crippen LogP contribution in [0.2, 0.25) is 0 Å². The maximum Gasteiger partial charge on any atom is 0.319 e. The number of nitrogens with zero attached hydrogens (tertiary/aromatic N) is 2. The molecule has 1 aliphatic rings. The third kappa shape index (κ3) is 3.95. The molecule has 1 aliphatic heterocycles. The number of benzene rings is 1. The highest BCUT2D eigenvalue weighted by molar-refractivity contribution is 5.89. The van der Waals surface area contributed by atoms with Crippen LogP contribution in [-0.2, 0) is 6.42 Å². The largest absolute Gasteiger partial charge is 0.481 e. The average Bonchev–Trinajstić information content (AvgIpc) is 2.62. The summed E-state index contributed by atoms with van der Waals surface area (Å²) in [4.78, 5) is 18.3. The van der Waals surface area contributed by atoms with Gasteiger partial charge in [-0.2, -0.15) is 0 Å². The lowest BCUT2D eigenvalue weighted by Crippen LogP contribution is -2.39. The fourth-order valence-corrected chi connectivity index (χ4v) is 2.90. The Morgan fingerprint density at radius 1 is 1.29 bits per heavy atom. The van der Waals surface area contributed by atoms with Gasteiger partial charge in [-0.15, -0.1) is 0 Å². The van der Waals surface area contributed by atoms with Crippen molar-refractivity contribution in [3.8, 4) is 5.88 Å². The highest BCUT2D eigenvalue weighted by Crippen LogP contribution is 2.25. The predicted molar refractivity (Wildman–Crippen MR) is 94.8 cm³/mol. The summed E-state index contributed by atoms with van der Waals surface area (Å²) in [6.07, 6.45) is 3.85. The first kappa shape index (κ1) is 16.1. The van der Waals surface area contributed by atoms with Gasteiger partial charge in [0.25, 0.3) is 0 Å². The van der Waals surface area contributed by atoms with Gasteiger partial charge in [0.1, 0.15) is 0 Å². The zero-order valence-corrected chi connectivity index (χ0v) is 13.8. The van der Waals surface area contributed by atoms with Gasteiger partial charge in [-0.3, -0.25) is 0 Å². The molecule has 24 heavy (non-hydrogen) atoms. The van der Waals surface area contributed by atoms with Gasteiger partial charge in [-0.05, 0) is 30.5 Å². The second-order valence-corrected chi connectivity index (χ2v) is 5.69. The summed E-state index contributed by atoms with van der Waals surface area (Å²) in [5.74, 6) is 0.518. The summed E-state index contributed by atoms with van der Waals surface area (Å²) in [6, 6.07) is 11.7. The quantitative estimate of drug-likeness (QED) is 0.886. The number of methoxy groups -OCH3 is 1. The topological polar surface area (TPSA) is 66.5 Å². The maximum atomic E-state index is 12.0. The molecule has 0 fully saturated rings. The fraction of sp³-hybridized carbons (Fsp3) is 0.333. The van der Waals surface area contributed by atoms with Crippen LogP contribution in [0, 0.1) is 0 Å². The predicted octanol–water partition coefficient (Wildman–Crippen LogP) is 2.66. The number of para-hydroxylation sites is 1. The molecule has 0 saturated carbocycles. The first-order valence-electron chi connectivity index (χ1n) is 8.14. The highest BCUT2D eigenvalue weighted by atomic mass is 16.5.